The fraction of sp³-hybridized carbons (Fsp3) is 0.364. The van der Waals surface area contributed by atoms with Gasteiger partial charge in [0.25, 0.3) is 5.91 Å². The number of carbonyl (C=O) groups excluding carboxylic acids is 1. The minimum atomic E-state index is -0.211. The molecule has 0 saturated carbocycles. The average Bonchev–Trinajstić information content (AvgIpc) is 2.26. The highest BCUT2D eigenvalue weighted by Gasteiger charge is 2.03. The lowest BCUT2D eigenvalue weighted by Crippen LogP contribution is -2.20. The van der Waals surface area contributed by atoms with Gasteiger partial charge >= 0.3 is 0 Å². The fourth-order valence-corrected chi connectivity index (χ4v) is 0.836. The SMILES string of the molecule is C/C(=N\NC(=O)c1ccncc1)C(C)C. The van der Waals surface area contributed by atoms with Gasteiger partial charge in [-0.05, 0) is 25.0 Å². The van der Waals surface area contributed by atoms with Crippen molar-refractivity contribution in [1.29, 1.82) is 0 Å². The van der Waals surface area contributed by atoms with E-state index in [2.05, 4.69) is 15.5 Å². The van der Waals surface area contributed by atoms with E-state index in [-0.39, 0.29) is 5.91 Å². The first kappa shape index (κ1) is 11.4. The van der Waals surface area contributed by atoms with E-state index in [0.29, 0.717) is 11.5 Å². The topological polar surface area (TPSA) is 54.4 Å². The van der Waals surface area contributed by atoms with Crippen LogP contribution in [0.4, 0.5) is 0 Å². The minimum Gasteiger partial charge on any atom is -0.267 e. The molecule has 0 atom stereocenters. The van der Waals surface area contributed by atoms with Gasteiger partial charge in [0.15, 0.2) is 0 Å². The number of nitrogens with one attached hydrogen (secondary N) is 1. The van der Waals surface area contributed by atoms with Gasteiger partial charge < -0.3 is 0 Å². The van der Waals surface area contributed by atoms with E-state index in [4.69, 9.17) is 0 Å². The number of hydrogen-bond donors (Lipinski definition) is 1. The van der Waals surface area contributed by atoms with Gasteiger partial charge in [0.05, 0.1) is 0 Å². The van der Waals surface area contributed by atoms with Crippen LogP contribution in [-0.2, 0) is 0 Å². The van der Waals surface area contributed by atoms with Crippen molar-refractivity contribution in [2.45, 2.75) is 20.8 Å². The van der Waals surface area contributed by atoms with Crippen LogP contribution in [0, 0.1) is 5.92 Å². The number of hydrogen-bond acceptors (Lipinski definition) is 3. The van der Waals surface area contributed by atoms with E-state index in [1.54, 1.807) is 24.5 Å². The lowest BCUT2D eigenvalue weighted by atomic mass is 10.1. The second-order valence-electron chi connectivity index (χ2n) is 3.58. The zero-order chi connectivity index (χ0) is 11.3. The first-order valence-corrected chi connectivity index (χ1v) is 4.86. The van der Waals surface area contributed by atoms with Gasteiger partial charge in [0.2, 0.25) is 0 Å². The van der Waals surface area contributed by atoms with Crippen LogP contribution in [0.25, 0.3) is 0 Å². The molecule has 15 heavy (non-hydrogen) atoms. The molecule has 1 rings (SSSR count). The largest absolute Gasteiger partial charge is 0.271 e. The maximum Gasteiger partial charge on any atom is 0.271 e. The molecular weight excluding hydrogens is 190 g/mol. The Labute approximate surface area is 89.4 Å². The quantitative estimate of drug-likeness (QED) is 0.604. The highest BCUT2D eigenvalue weighted by molar-refractivity contribution is 5.95. The highest BCUT2D eigenvalue weighted by Crippen LogP contribution is 1.97. The van der Waals surface area contributed by atoms with Gasteiger partial charge in [-0.15, -0.1) is 0 Å². The van der Waals surface area contributed by atoms with Gasteiger partial charge in [0.1, 0.15) is 0 Å². The van der Waals surface area contributed by atoms with Crippen molar-refractivity contribution >= 4 is 11.6 Å². The molecule has 80 valence electrons. The number of pyridine rings is 1. The predicted octanol–water partition coefficient (Wildman–Crippen LogP) is 1.84. The monoisotopic (exact) mass is 205 g/mol. The first-order chi connectivity index (χ1) is 7.11. The Balaban J connectivity index is 2.62. The van der Waals surface area contributed by atoms with Gasteiger partial charge in [-0.3, -0.25) is 9.78 Å². The molecule has 1 N–H and O–H groups in total. The van der Waals surface area contributed by atoms with Crippen LogP contribution in [0.5, 0.6) is 0 Å². The molecule has 0 aliphatic heterocycles. The Bertz CT molecular complexity index is 357. The number of hydrazone groups is 1. The summed E-state index contributed by atoms with van der Waals surface area (Å²) in [4.78, 5) is 15.4. The second-order valence-corrected chi connectivity index (χ2v) is 3.58. The van der Waals surface area contributed by atoms with Crippen molar-refractivity contribution in [2.24, 2.45) is 11.0 Å². The molecule has 4 heteroatoms. The number of aromatic nitrogens is 1. The summed E-state index contributed by atoms with van der Waals surface area (Å²) in [6.45, 7) is 5.94. The second kappa shape index (κ2) is 5.24. The maximum absolute atomic E-state index is 11.5. The summed E-state index contributed by atoms with van der Waals surface area (Å²) in [6, 6.07) is 3.30. The number of amides is 1. The van der Waals surface area contributed by atoms with Gasteiger partial charge in [-0.1, -0.05) is 13.8 Å². The van der Waals surface area contributed by atoms with E-state index < -0.39 is 0 Å². The molecule has 0 aromatic carbocycles. The lowest BCUT2D eigenvalue weighted by molar-refractivity contribution is 0.0954. The van der Waals surface area contributed by atoms with Crippen LogP contribution in [-0.4, -0.2) is 16.6 Å². The number of nitrogens with zero attached hydrogens (tertiary/aromatic N) is 2. The van der Waals surface area contributed by atoms with Gasteiger partial charge in [0, 0.05) is 23.7 Å². The summed E-state index contributed by atoms with van der Waals surface area (Å²) < 4.78 is 0. The molecule has 1 heterocycles. The average molecular weight is 205 g/mol. The van der Waals surface area contributed by atoms with Crippen molar-refractivity contribution in [1.82, 2.24) is 10.4 Å². The first-order valence-electron chi connectivity index (χ1n) is 4.86. The molecular formula is C11H15N3O. The van der Waals surface area contributed by atoms with Crippen LogP contribution in [0.3, 0.4) is 0 Å². The summed E-state index contributed by atoms with van der Waals surface area (Å²) >= 11 is 0. The van der Waals surface area contributed by atoms with E-state index in [9.17, 15) is 4.79 Å². The zero-order valence-corrected chi connectivity index (χ0v) is 9.19. The fourth-order valence-electron chi connectivity index (χ4n) is 0.836. The molecule has 0 aliphatic rings. The highest BCUT2D eigenvalue weighted by atomic mass is 16.2. The van der Waals surface area contributed by atoms with Gasteiger partial charge in [-0.25, -0.2) is 5.43 Å². The third-order valence-corrected chi connectivity index (χ3v) is 2.11. The van der Waals surface area contributed by atoms with Crippen molar-refractivity contribution in [2.75, 3.05) is 0 Å². The maximum atomic E-state index is 11.5. The van der Waals surface area contributed by atoms with Crippen molar-refractivity contribution in [3.05, 3.63) is 30.1 Å². The Morgan fingerprint density at radius 3 is 2.53 bits per heavy atom. The van der Waals surface area contributed by atoms with Crippen molar-refractivity contribution < 1.29 is 4.79 Å². The molecule has 0 spiro atoms. The molecule has 0 fully saturated rings. The van der Waals surface area contributed by atoms with Crippen molar-refractivity contribution in [3.8, 4) is 0 Å². The molecule has 1 aromatic heterocycles. The Morgan fingerprint density at radius 1 is 1.40 bits per heavy atom. The number of carbonyl (C=O) groups is 1. The third-order valence-electron chi connectivity index (χ3n) is 2.11. The Morgan fingerprint density at radius 2 is 2.00 bits per heavy atom. The summed E-state index contributed by atoms with van der Waals surface area (Å²) in [5, 5.41) is 4.00. The predicted molar refractivity (Wildman–Crippen MR) is 59.7 cm³/mol. The molecule has 4 nitrogen and oxygen atoms in total. The molecule has 0 aliphatic carbocycles. The minimum absolute atomic E-state index is 0.211. The van der Waals surface area contributed by atoms with Crippen molar-refractivity contribution in [3.63, 3.8) is 0 Å². The molecule has 1 amide bonds. The van der Waals surface area contributed by atoms with Crippen LogP contribution >= 0.6 is 0 Å². The van der Waals surface area contributed by atoms with E-state index in [0.717, 1.165) is 5.71 Å². The van der Waals surface area contributed by atoms with E-state index in [1.807, 2.05) is 20.8 Å². The van der Waals surface area contributed by atoms with E-state index in [1.165, 1.54) is 0 Å². The summed E-state index contributed by atoms with van der Waals surface area (Å²) in [7, 11) is 0. The van der Waals surface area contributed by atoms with Crippen LogP contribution in [0.2, 0.25) is 0 Å². The number of rotatable bonds is 3. The summed E-state index contributed by atoms with van der Waals surface area (Å²) in [5.41, 5.74) is 3.96. The normalized spacial score (nSPS) is 11.6. The summed E-state index contributed by atoms with van der Waals surface area (Å²) in [6.07, 6.45) is 3.15. The molecule has 0 unspecified atom stereocenters. The van der Waals surface area contributed by atoms with Crippen LogP contribution < -0.4 is 5.43 Å². The van der Waals surface area contributed by atoms with Crippen LogP contribution in [0.1, 0.15) is 31.1 Å². The van der Waals surface area contributed by atoms with Crippen LogP contribution in [0.15, 0.2) is 29.6 Å². The smallest absolute Gasteiger partial charge is 0.267 e. The van der Waals surface area contributed by atoms with Gasteiger partial charge in [-0.2, -0.15) is 5.10 Å². The third kappa shape index (κ3) is 3.50. The van der Waals surface area contributed by atoms with E-state index >= 15 is 0 Å². The lowest BCUT2D eigenvalue weighted by Gasteiger charge is -2.04. The Hall–Kier alpha value is -1.71. The molecule has 1 aromatic rings. The molecule has 0 radical (unpaired) electrons. The zero-order valence-electron chi connectivity index (χ0n) is 9.19. The standard InChI is InChI=1S/C11H15N3O/c1-8(2)9(3)13-14-11(15)10-4-6-12-7-5-10/h4-8H,1-3H3,(H,14,15)/b13-9+. The molecule has 0 saturated heterocycles. The molecule has 0 bridgehead atoms. The summed E-state index contributed by atoms with van der Waals surface area (Å²) in [5.74, 6) is 0.125. The Kier molecular flexibility index (Phi) is 3.97.